The van der Waals surface area contributed by atoms with E-state index in [2.05, 4.69) is 9.68 Å². The van der Waals surface area contributed by atoms with Crippen molar-refractivity contribution in [1.29, 1.82) is 0 Å². The van der Waals surface area contributed by atoms with E-state index in [1.54, 1.807) is 20.8 Å². The molecule has 17 heavy (non-hydrogen) atoms. The highest BCUT2D eigenvalue weighted by Gasteiger charge is 2.37. The largest absolute Gasteiger partial charge is 0.444 e. The highest BCUT2D eigenvalue weighted by Crippen LogP contribution is 2.31. The zero-order valence-corrected chi connectivity index (χ0v) is 10.4. The van der Waals surface area contributed by atoms with Crippen molar-refractivity contribution in [2.45, 2.75) is 45.9 Å². The van der Waals surface area contributed by atoms with Crippen LogP contribution in [0.1, 0.15) is 45.0 Å². The predicted molar refractivity (Wildman–Crippen MR) is 59.5 cm³/mol. The fourth-order valence-corrected chi connectivity index (χ4v) is 1.83. The minimum Gasteiger partial charge on any atom is -0.444 e. The molecular formula is C11H16N2O4. The molecule has 1 aliphatic heterocycles. The predicted octanol–water partition coefficient (Wildman–Crippen LogP) is 1.78. The minimum atomic E-state index is -0.544. The van der Waals surface area contributed by atoms with Crippen LogP contribution >= 0.6 is 0 Å². The van der Waals surface area contributed by atoms with Gasteiger partial charge >= 0.3 is 11.7 Å². The van der Waals surface area contributed by atoms with Crippen LogP contribution in [-0.2, 0) is 11.3 Å². The van der Waals surface area contributed by atoms with Crippen LogP contribution in [0.5, 0.6) is 0 Å². The van der Waals surface area contributed by atoms with E-state index in [4.69, 9.17) is 4.74 Å². The van der Waals surface area contributed by atoms with E-state index < -0.39 is 17.3 Å². The number of aromatic nitrogens is 1. The van der Waals surface area contributed by atoms with Crippen LogP contribution in [0, 0.1) is 0 Å². The van der Waals surface area contributed by atoms with Crippen molar-refractivity contribution >= 4 is 6.09 Å². The average molecular weight is 240 g/mol. The van der Waals surface area contributed by atoms with Gasteiger partial charge in [-0.15, -0.1) is 0 Å². The Morgan fingerprint density at radius 2 is 2.18 bits per heavy atom. The van der Waals surface area contributed by atoms with Crippen LogP contribution in [0.15, 0.2) is 9.32 Å². The van der Waals surface area contributed by atoms with Crippen molar-refractivity contribution in [3.8, 4) is 0 Å². The van der Waals surface area contributed by atoms with Crippen LogP contribution in [0.3, 0.4) is 0 Å². The number of carbonyl (C=O) groups excluding carboxylic acids is 1. The molecule has 1 unspecified atom stereocenters. The molecule has 0 spiro atoms. The summed E-state index contributed by atoms with van der Waals surface area (Å²) in [5, 5.41) is 2.55. The second kappa shape index (κ2) is 3.65. The van der Waals surface area contributed by atoms with Gasteiger partial charge in [0.1, 0.15) is 5.60 Å². The number of fused-ring (bicyclic) bond motifs is 1. The number of nitrogens with zero attached hydrogens (tertiary/aromatic N) is 1. The van der Waals surface area contributed by atoms with Gasteiger partial charge in [0.15, 0.2) is 0 Å². The van der Waals surface area contributed by atoms with E-state index in [0.717, 1.165) is 0 Å². The second-order valence-corrected chi connectivity index (χ2v) is 5.17. The number of hydrogen-bond acceptors (Lipinski definition) is 4. The molecule has 0 saturated carbocycles. The summed E-state index contributed by atoms with van der Waals surface area (Å²) in [4.78, 5) is 24.7. The van der Waals surface area contributed by atoms with Crippen molar-refractivity contribution in [2.24, 2.45) is 0 Å². The van der Waals surface area contributed by atoms with Gasteiger partial charge in [0, 0.05) is 0 Å². The van der Waals surface area contributed by atoms with Gasteiger partial charge in [-0.05, 0) is 27.7 Å². The number of H-pyrrole nitrogens is 1. The third-order valence-corrected chi connectivity index (χ3v) is 2.67. The molecule has 0 aliphatic carbocycles. The molecule has 1 aliphatic rings. The van der Waals surface area contributed by atoms with E-state index in [9.17, 15) is 9.59 Å². The summed E-state index contributed by atoms with van der Waals surface area (Å²) in [5.74, 6) is 0. The van der Waals surface area contributed by atoms with Gasteiger partial charge in [-0.1, -0.05) is 0 Å². The fraction of sp³-hybridized carbons (Fsp3) is 0.636. The lowest BCUT2D eigenvalue weighted by Crippen LogP contribution is -2.35. The molecule has 1 aromatic heterocycles. The first-order valence-corrected chi connectivity index (χ1v) is 5.49. The van der Waals surface area contributed by atoms with Crippen LogP contribution in [0.4, 0.5) is 4.79 Å². The average Bonchev–Trinajstić information content (AvgIpc) is 2.67. The van der Waals surface area contributed by atoms with Gasteiger partial charge < -0.3 is 9.26 Å². The number of nitrogens with one attached hydrogen (secondary N) is 1. The second-order valence-electron chi connectivity index (χ2n) is 5.17. The van der Waals surface area contributed by atoms with Crippen molar-refractivity contribution in [2.75, 3.05) is 0 Å². The summed E-state index contributed by atoms with van der Waals surface area (Å²) < 4.78 is 9.95. The maximum atomic E-state index is 11.9. The minimum absolute atomic E-state index is 0.230. The number of rotatable bonds is 0. The highest BCUT2D eigenvalue weighted by molar-refractivity contribution is 5.69. The summed E-state index contributed by atoms with van der Waals surface area (Å²) >= 11 is 0. The van der Waals surface area contributed by atoms with Crippen LogP contribution in [0.2, 0.25) is 0 Å². The Bertz CT molecular complexity index is 494. The SMILES string of the molecule is CC1c2[nH]oc(=O)c2CN1C(=O)OC(C)(C)C. The van der Waals surface area contributed by atoms with Gasteiger partial charge in [-0.3, -0.25) is 4.90 Å². The molecular weight excluding hydrogens is 224 g/mol. The Labute approximate surface area is 98.5 Å². The smallest absolute Gasteiger partial charge is 0.411 e. The van der Waals surface area contributed by atoms with E-state index in [1.165, 1.54) is 4.90 Å². The van der Waals surface area contributed by atoms with Gasteiger partial charge in [0.2, 0.25) is 0 Å². The van der Waals surface area contributed by atoms with Crippen LogP contribution < -0.4 is 5.63 Å². The molecule has 6 nitrogen and oxygen atoms in total. The number of carbonyl (C=O) groups is 1. The van der Waals surface area contributed by atoms with Crippen molar-refractivity contribution in [3.63, 3.8) is 0 Å². The molecule has 2 heterocycles. The zero-order chi connectivity index (χ0) is 12.8. The van der Waals surface area contributed by atoms with Crippen molar-refractivity contribution in [1.82, 2.24) is 10.1 Å². The summed E-state index contributed by atoms with van der Waals surface area (Å²) in [6.07, 6.45) is -0.422. The number of ether oxygens (including phenoxy) is 1. The van der Waals surface area contributed by atoms with E-state index in [1.807, 2.05) is 6.92 Å². The molecule has 1 aromatic rings. The maximum absolute atomic E-state index is 11.9. The third kappa shape index (κ3) is 2.07. The molecule has 0 radical (unpaired) electrons. The summed E-state index contributed by atoms with van der Waals surface area (Å²) in [6.45, 7) is 7.47. The summed E-state index contributed by atoms with van der Waals surface area (Å²) in [7, 11) is 0. The van der Waals surface area contributed by atoms with E-state index in [0.29, 0.717) is 11.3 Å². The lowest BCUT2D eigenvalue weighted by atomic mass is 10.2. The Kier molecular flexibility index (Phi) is 2.52. The lowest BCUT2D eigenvalue weighted by Gasteiger charge is -2.26. The fourth-order valence-electron chi connectivity index (χ4n) is 1.83. The molecule has 1 amide bonds. The van der Waals surface area contributed by atoms with Crippen LogP contribution in [0.25, 0.3) is 0 Å². The summed E-state index contributed by atoms with van der Waals surface area (Å²) in [5.41, 5.74) is 0.194. The van der Waals surface area contributed by atoms with E-state index >= 15 is 0 Å². The topological polar surface area (TPSA) is 75.5 Å². The molecule has 0 bridgehead atoms. The molecule has 94 valence electrons. The van der Waals surface area contributed by atoms with Gasteiger partial charge in [0.05, 0.1) is 23.8 Å². The molecule has 6 heteroatoms. The van der Waals surface area contributed by atoms with Gasteiger partial charge in [0.25, 0.3) is 0 Å². The number of aromatic amines is 1. The highest BCUT2D eigenvalue weighted by atomic mass is 16.6. The quantitative estimate of drug-likeness (QED) is 0.750. The standard InChI is InChI=1S/C11H16N2O4/c1-6-8-7(9(14)17-12-8)5-13(6)10(15)16-11(2,3)4/h6,12H,5H2,1-4H3. The molecule has 0 saturated heterocycles. The number of amides is 1. The monoisotopic (exact) mass is 240 g/mol. The Hall–Kier alpha value is -1.72. The van der Waals surface area contributed by atoms with Crippen molar-refractivity contribution < 1.29 is 14.1 Å². The Balaban J connectivity index is 2.17. The molecule has 1 atom stereocenters. The first-order chi connectivity index (χ1) is 7.79. The van der Waals surface area contributed by atoms with Gasteiger partial charge in [-0.2, -0.15) is 0 Å². The Morgan fingerprint density at radius 3 is 2.71 bits per heavy atom. The third-order valence-electron chi connectivity index (χ3n) is 2.67. The Morgan fingerprint density at radius 1 is 1.53 bits per heavy atom. The normalized spacial score (nSPS) is 19.3. The van der Waals surface area contributed by atoms with E-state index in [-0.39, 0.29) is 12.6 Å². The molecule has 0 aromatic carbocycles. The number of hydrogen-bond donors (Lipinski definition) is 1. The van der Waals surface area contributed by atoms with Crippen LogP contribution in [-0.4, -0.2) is 21.8 Å². The van der Waals surface area contributed by atoms with Crippen molar-refractivity contribution in [3.05, 3.63) is 21.7 Å². The lowest BCUT2D eigenvalue weighted by molar-refractivity contribution is 0.0179. The maximum Gasteiger partial charge on any atom is 0.411 e. The molecule has 1 N–H and O–H groups in total. The zero-order valence-electron chi connectivity index (χ0n) is 10.4. The van der Waals surface area contributed by atoms with Gasteiger partial charge in [-0.25, -0.2) is 14.7 Å². The molecule has 2 rings (SSSR count). The first-order valence-electron chi connectivity index (χ1n) is 5.49. The first kappa shape index (κ1) is 11.8. The summed E-state index contributed by atoms with van der Waals surface area (Å²) in [6, 6.07) is -0.230. The molecule has 0 fully saturated rings.